The molecule has 9 nitrogen and oxygen atoms in total. The third-order valence-electron chi connectivity index (χ3n) is 4.09. The maximum absolute atomic E-state index is 12.9. The zero-order chi connectivity index (χ0) is 22.3. The molecule has 30 heavy (non-hydrogen) atoms. The number of ketones is 1. The van der Waals surface area contributed by atoms with Crippen LogP contribution >= 0.6 is 11.8 Å². The van der Waals surface area contributed by atoms with Gasteiger partial charge in [-0.3, -0.25) is 9.59 Å². The number of halogens is 1. The molecule has 0 radical (unpaired) electrons. The second kappa shape index (κ2) is 10.4. The molecular weight excluding hydrogens is 414 g/mol. The van der Waals surface area contributed by atoms with Gasteiger partial charge in [-0.05, 0) is 31.2 Å². The Labute approximate surface area is 179 Å². The van der Waals surface area contributed by atoms with E-state index in [9.17, 15) is 9.59 Å². The van der Waals surface area contributed by atoms with Crippen LogP contribution in [0.15, 0.2) is 46.6 Å². The van der Waals surface area contributed by atoms with Crippen molar-refractivity contribution in [3.63, 3.8) is 0 Å². The predicted molar refractivity (Wildman–Crippen MR) is 111 cm³/mol. The van der Waals surface area contributed by atoms with E-state index >= 15 is 0 Å². The van der Waals surface area contributed by atoms with Gasteiger partial charge in [0.1, 0.15) is 28.7 Å². The van der Waals surface area contributed by atoms with E-state index in [0.717, 1.165) is 4.42 Å². The number of ether oxygens (including phenoxy) is 4. The van der Waals surface area contributed by atoms with E-state index in [-0.39, 0.29) is 11.4 Å². The number of rotatable bonds is 9. The molecule has 1 atom stereocenters. The van der Waals surface area contributed by atoms with E-state index in [0.29, 0.717) is 23.0 Å². The molecule has 0 spiro atoms. The zero-order valence-corrected chi connectivity index (χ0v) is 18.0. The van der Waals surface area contributed by atoms with Crippen molar-refractivity contribution in [2.24, 2.45) is 10.2 Å². The Hall–Kier alpha value is -3.33. The molecule has 0 N–H and O–H groups in total. The van der Waals surface area contributed by atoms with Gasteiger partial charge in [-0.2, -0.15) is 5.11 Å². The Kier molecular flexibility index (Phi) is 7.99. The molecule has 0 saturated heterocycles. The summed E-state index contributed by atoms with van der Waals surface area (Å²) in [5.74, 6) is 0.127. The number of benzene rings is 2. The van der Waals surface area contributed by atoms with Crippen LogP contribution in [-0.2, 0) is 9.59 Å². The van der Waals surface area contributed by atoms with Crippen molar-refractivity contribution >= 4 is 34.8 Å². The van der Waals surface area contributed by atoms with Crippen LogP contribution < -0.4 is 23.4 Å². The third-order valence-corrected chi connectivity index (χ3v) is 4.43. The van der Waals surface area contributed by atoms with Crippen molar-refractivity contribution in [3.8, 4) is 23.0 Å². The normalized spacial score (nSPS) is 11.7. The predicted octanol–water partition coefficient (Wildman–Crippen LogP) is 3.95. The molecule has 1 unspecified atom stereocenters. The van der Waals surface area contributed by atoms with E-state index in [1.54, 1.807) is 30.3 Å². The van der Waals surface area contributed by atoms with E-state index in [4.69, 9.17) is 30.7 Å². The second-order valence-electron chi connectivity index (χ2n) is 5.90. The van der Waals surface area contributed by atoms with Crippen LogP contribution in [0, 0.1) is 0 Å². The molecule has 0 aliphatic rings. The molecular formula is C20H22ClN3O6. The molecule has 0 aliphatic heterocycles. The molecule has 0 aliphatic carbocycles. The SMILES string of the molecule is COc1ccc(OC)c(N(Cl)C(=O)C(N=Nc2c(OC)cccc2OC)C(C)=O)c1. The molecule has 2 aromatic carbocycles. The highest BCUT2D eigenvalue weighted by Gasteiger charge is 2.31. The van der Waals surface area contributed by atoms with Crippen LogP contribution in [0.5, 0.6) is 23.0 Å². The lowest BCUT2D eigenvalue weighted by Crippen LogP contribution is -2.36. The fourth-order valence-electron chi connectivity index (χ4n) is 2.53. The van der Waals surface area contributed by atoms with Crippen molar-refractivity contribution in [2.75, 3.05) is 32.9 Å². The van der Waals surface area contributed by atoms with Gasteiger partial charge in [0, 0.05) is 17.8 Å². The first-order valence-electron chi connectivity index (χ1n) is 8.72. The first kappa shape index (κ1) is 23.0. The summed E-state index contributed by atoms with van der Waals surface area (Å²) in [6.07, 6.45) is 0. The van der Waals surface area contributed by atoms with Gasteiger partial charge in [-0.1, -0.05) is 6.07 Å². The number of hydrogen-bond donors (Lipinski definition) is 0. The minimum absolute atomic E-state index is 0.194. The largest absolute Gasteiger partial charge is 0.497 e. The number of Topliss-reactive ketones (excluding diaryl/α,β-unsaturated/α-hetero) is 1. The molecule has 1 amide bonds. The monoisotopic (exact) mass is 435 g/mol. The standard InChI is InChI=1S/C20H22ClN3O6/c1-12(25)18(22-23-19-16(29-4)7-6-8-17(19)30-5)20(26)24(21)14-11-13(27-2)9-10-15(14)28-3/h6-11,18H,1-5H3. The molecule has 0 heterocycles. The molecule has 0 aromatic heterocycles. The number of anilines is 1. The summed E-state index contributed by atoms with van der Waals surface area (Å²) in [6, 6.07) is 8.25. The van der Waals surface area contributed by atoms with Gasteiger partial charge >= 0.3 is 0 Å². The minimum atomic E-state index is -1.49. The highest BCUT2D eigenvalue weighted by molar-refractivity contribution is 6.39. The average molecular weight is 436 g/mol. The maximum atomic E-state index is 12.9. The van der Waals surface area contributed by atoms with Gasteiger partial charge < -0.3 is 18.9 Å². The number of methoxy groups -OCH3 is 4. The minimum Gasteiger partial charge on any atom is -0.497 e. The van der Waals surface area contributed by atoms with E-state index < -0.39 is 17.7 Å². The van der Waals surface area contributed by atoms with Crippen LogP contribution in [0.1, 0.15) is 6.92 Å². The fraction of sp³-hybridized carbons (Fsp3) is 0.300. The van der Waals surface area contributed by atoms with Gasteiger partial charge in [-0.15, -0.1) is 5.11 Å². The third kappa shape index (κ3) is 4.98. The van der Waals surface area contributed by atoms with Gasteiger partial charge in [0.25, 0.3) is 5.91 Å². The summed E-state index contributed by atoms with van der Waals surface area (Å²) < 4.78 is 21.6. The lowest BCUT2D eigenvalue weighted by molar-refractivity contribution is -0.126. The topological polar surface area (TPSA) is 99.0 Å². The number of nitrogens with zero attached hydrogens (tertiary/aromatic N) is 3. The molecule has 10 heteroatoms. The van der Waals surface area contributed by atoms with Gasteiger partial charge in [0.2, 0.25) is 6.04 Å². The summed E-state index contributed by atoms with van der Waals surface area (Å²) in [5.41, 5.74) is 0.432. The van der Waals surface area contributed by atoms with Crippen LogP contribution in [0.2, 0.25) is 0 Å². The number of carbonyl (C=O) groups is 2. The molecule has 160 valence electrons. The molecule has 2 aromatic rings. The highest BCUT2D eigenvalue weighted by atomic mass is 35.5. The van der Waals surface area contributed by atoms with E-state index in [1.807, 2.05) is 0 Å². The number of azo groups is 1. The van der Waals surface area contributed by atoms with Crippen LogP contribution in [0.3, 0.4) is 0 Å². The van der Waals surface area contributed by atoms with Crippen molar-refractivity contribution in [1.82, 2.24) is 0 Å². The number of hydrogen-bond acceptors (Lipinski definition) is 8. The van der Waals surface area contributed by atoms with Gasteiger partial charge in [-0.25, -0.2) is 4.42 Å². The summed E-state index contributed by atoms with van der Waals surface area (Å²) >= 11 is 6.25. The number of amides is 1. The molecule has 0 saturated carbocycles. The lowest BCUT2D eigenvalue weighted by Gasteiger charge is -2.19. The van der Waals surface area contributed by atoms with E-state index in [1.165, 1.54) is 41.4 Å². The maximum Gasteiger partial charge on any atom is 0.276 e. The molecule has 0 fully saturated rings. The van der Waals surface area contributed by atoms with Crippen LogP contribution in [0.4, 0.5) is 11.4 Å². The lowest BCUT2D eigenvalue weighted by atomic mass is 10.2. The fourth-order valence-corrected chi connectivity index (χ4v) is 2.75. The Bertz CT molecular complexity index is 928. The van der Waals surface area contributed by atoms with Crippen LogP contribution in [0.25, 0.3) is 0 Å². The highest BCUT2D eigenvalue weighted by Crippen LogP contribution is 2.38. The Morgan fingerprint density at radius 3 is 2.03 bits per heavy atom. The first-order valence-corrected chi connectivity index (χ1v) is 9.05. The van der Waals surface area contributed by atoms with Crippen LogP contribution in [-0.4, -0.2) is 46.2 Å². The number of carbonyl (C=O) groups excluding carboxylic acids is 2. The Morgan fingerprint density at radius 2 is 1.53 bits per heavy atom. The summed E-state index contributed by atoms with van der Waals surface area (Å²) in [7, 11) is 5.81. The van der Waals surface area contributed by atoms with Gasteiger partial charge in [0.05, 0.1) is 28.4 Å². The average Bonchev–Trinajstić information content (AvgIpc) is 2.77. The van der Waals surface area contributed by atoms with Crippen molar-refractivity contribution in [3.05, 3.63) is 36.4 Å². The van der Waals surface area contributed by atoms with Crippen molar-refractivity contribution < 1.29 is 28.5 Å². The smallest absolute Gasteiger partial charge is 0.276 e. The summed E-state index contributed by atoms with van der Waals surface area (Å²) in [6.45, 7) is 1.22. The Balaban J connectivity index is 2.41. The quantitative estimate of drug-likeness (QED) is 0.336. The first-order chi connectivity index (χ1) is 14.4. The zero-order valence-electron chi connectivity index (χ0n) is 17.2. The Morgan fingerprint density at radius 1 is 0.933 bits per heavy atom. The summed E-state index contributed by atoms with van der Waals surface area (Å²) in [4.78, 5) is 25.1. The van der Waals surface area contributed by atoms with Crippen molar-refractivity contribution in [2.45, 2.75) is 13.0 Å². The van der Waals surface area contributed by atoms with Crippen molar-refractivity contribution in [1.29, 1.82) is 0 Å². The molecule has 0 bridgehead atoms. The summed E-state index contributed by atoms with van der Waals surface area (Å²) in [5, 5.41) is 7.96. The second-order valence-corrected chi connectivity index (χ2v) is 6.23. The molecule has 2 rings (SSSR count). The van der Waals surface area contributed by atoms with E-state index in [2.05, 4.69) is 10.2 Å². The van der Waals surface area contributed by atoms with Gasteiger partial charge in [0.15, 0.2) is 11.5 Å².